The molecule has 0 atom stereocenters. The van der Waals surface area contributed by atoms with Crippen LogP contribution in [0.2, 0.25) is 0 Å². The van der Waals surface area contributed by atoms with Crippen LogP contribution < -0.4 is 15.6 Å². The van der Waals surface area contributed by atoms with Gasteiger partial charge < -0.3 is 10.1 Å². The van der Waals surface area contributed by atoms with E-state index in [-0.39, 0.29) is 18.1 Å². The van der Waals surface area contributed by atoms with E-state index in [1.165, 1.54) is 10.5 Å². The summed E-state index contributed by atoms with van der Waals surface area (Å²) in [5.41, 5.74) is 3.02. The molecule has 0 fully saturated rings. The number of carbonyl (C=O) groups is 1. The molecule has 4 aromatic rings. The van der Waals surface area contributed by atoms with E-state index in [9.17, 15) is 9.59 Å². The van der Waals surface area contributed by atoms with Gasteiger partial charge in [-0.25, -0.2) is 4.98 Å². The molecule has 0 bridgehead atoms. The van der Waals surface area contributed by atoms with Crippen LogP contribution in [0, 0.1) is 6.92 Å². The molecule has 4 rings (SSSR count). The Morgan fingerprint density at radius 2 is 1.97 bits per heavy atom. The van der Waals surface area contributed by atoms with Crippen LogP contribution in [0.5, 0.6) is 5.75 Å². The average Bonchev–Trinajstić information content (AvgIpc) is 2.74. The zero-order chi connectivity index (χ0) is 21.1. The van der Waals surface area contributed by atoms with Gasteiger partial charge in [0.2, 0.25) is 0 Å². The van der Waals surface area contributed by atoms with Crippen LogP contribution in [0.15, 0.2) is 82.2 Å². The molecule has 0 aliphatic heterocycles. The van der Waals surface area contributed by atoms with E-state index in [0.29, 0.717) is 28.3 Å². The van der Waals surface area contributed by atoms with Gasteiger partial charge in [0.05, 0.1) is 5.69 Å². The predicted molar refractivity (Wildman–Crippen MR) is 119 cm³/mol. The van der Waals surface area contributed by atoms with Gasteiger partial charge in [-0.15, -0.1) is 0 Å². The summed E-state index contributed by atoms with van der Waals surface area (Å²) in [6, 6.07) is 19.5. The van der Waals surface area contributed by atoms with Crippen molar-refractivity contribution in [2.24, 2.45) is 0 Å². The third kappa shape index (κ3) is 4.41. The van der Waals surface area contributed by atoms with Gasteiger partial charge >= 0.3 is 0 Å². The third-order valence-electron chi connectivity index (χ3n) is 4.53. The van der Waals surface area contributed by atoms with Gasteiger partial charge in [0.25, 0.3) is 11.5 Å². The fraction of sp³-hybridized carbons (Fsp3) is 0.0870. The zero-order valence-corrected chi connectivity index (χ0v) is 17.7. The molecule has 30 heavy (non-hydrogen) atoms. The molecule has 1 N–H and O–H groups in total. The van der Waals surface area contributed by atoms with E-state index in [2.05, 4.69) is 26.2 Å². The Hall–Kier alpha value is -3.45. The standard InChI is InChI=1S/C23H18BrN3O3/c1-15-8-9-18(26-23(29)16-5-4-6-17(24)11-16)12-20(15)30-14-19-13-22(28)27-10-3-2-7-21(27)25-19/h2-13H,14H2,1H3,(H,26,29). The number of carbonyl (C=O) groups excluding carboxylic acids is 1. The lowest BCUT2D eigenvalue weighted by atomic mass is 10.1. The highest BCUT2D eigenvalue weighted by molar-refractivity contribution is 9.10. The molecule has 0 radical (unpaired) electrons. The minimum absolute atomic E-state index is 0.143. The maximum absolute atomic E-state index is 12.5. The Kier molecular flexibility index (Phi) is 5.63. The first-order valence-electron chi connectivity index (χ1n) is 9.27. The zero-order valence-electron chi connectivity index (χ0n) is 16.1. The van der Waals surface area contributed by atoms with Crippen LogP contribution in [-0.2, 0) is 6.61 Å². The molecule has 150 valence electrons. The molecule has 2 aromatic carbocycles. The number of halogens is 1. The molecule has 0 aliphatic rings. The van der Waals surface area contributed by atoms with E-state index in [1.54, 1.807) is 36.5 Å². The van der Waals surface area contributed by atoms with Crippen molar-refractivity contribution >= 4 is 33.2 Å². The van der Waals surface area contributed by atoms with Crippen LogP contribution >= 0.6 is 15.9 Å². The Labute approximate surface area is 181 Å². The Bertz CT molecular complexity index is 1300. The third-order valence-corrected chi connectivity index (χ3v) is 5.03. The summed E-state index contributed by atoms with van der Waals surface area (Å²) in [6.07, 6.45) is 1.68. The molecule has 0 spiro atoms. The summed E-state index contributed by atoms with van der Waals surface area (Å²) in [4.78, 5) is 29.2. The fourth-order valence-electron chi connectivity index (χ4n) is 2.99. The number of fused-ring (bicyclic) bond motifs is 1. The van der Waals surface area contributed by atoms with Gasteiger partial charge in [-0.3, -0.25) is 14.0 Å². The van der Waals surface area contributed by atoms with Gasteiger partial charge in [0.1, 0.15) is 18.0 Å². The van der Waals surface area contributed by atoms with Crippen molar-refractivity contribution in [2.75, 3.05) is 5.32 Å². The number of hydrogen-bond donors (Lipinski definition) is 1. The van der Waals surface area contributed by atoms with Gasteiger partial charge in [-0.2, -0.15) is 0 Å². The highest BCUT2D eigenvalue weighted by atomic mass is 79.9. The minimum atomic E-state index is -0.213. The first kappa shape index (κ1) is 19.8. The van der Waals surface area contributed by atoms with Crippen molar-refractivity contribution in [1.29, 1.82) is 0 Å². The van der Waals surface area contributed by atoms with E-state index >= 15 is 0 Å². The topological polar surface area (TPSA) is 72.7 Å². The molecule has 0 unspecified atom stereocenters. The van der Waals surface area contributed by atoms with E-state index in [1.807, 2.05) is 37.3 Å². The highest BCUT2D eigenvalue weighted by Gasteiger charge is 2.09. The van der Waals surface area contributed by atoms with Crippen LogP contribution in [-0.4, -0.2) is 15.3 Å². The number of aryl methyl sites for hydroxylation is 1. The molecular formula is C23H18BrN3O3. The van der Waals surface area contributed by atoms with Crippen LogP contribution in [0.1, 0.15) is 21.6 Å². The molecule has 0 saturated carbocycles. The molecule has 1 amide bonds. The molecule has 7 heteroatoms. The number of nitrogens with one attached hydrogen (secondary N) is 1. The lowest BCUT2D eigenvalue weighted by Crippen LogP contribution is -2.16. The van der Waals surface area contributed by atoms with Crippen molar-refractivity contribution < 1.29 is 9.53 Å². The number of nitrogens with zero attached hydrogens (tertiary/aromatic N) is 2. The van der Waals surface area contributed by atoms with Crippen molar-refractivity contribution in [3.8, 4) is 5.75 Å². The number of anilines is 1. The van der Waals surface area contributed by atoms with Crippen molar-refractivity contribution in [1.82, 2.24) is 9.38 Å². The molecule has 0 aliphatic carbocycles. The second-order valence-corrected chi connectivity index (χ2v) is 7.66. The SMILES string of the molecule is Cc1ccc(NC(=O)c2cccc(Br)c2)cc1OCc1cc(=O)n2ccccc2n1. The van der Waals surface area contributed by atoms with Crippen LogP contribution in [0.25, 0.3) is 5.65 Å². The van der Waals surface area contributed by atoms with Crippen molar-refractivity contribution in [3.05, 3.63) is 105 Å². The van der Waals surface area contributed by atoms with Gasteiger partial charge in [-0.1, -0.05) is 34.1 Å². The lowest BCUT2D eigenvalue weighted by Gasteiger charge is -2.12. The van der Waals surface area contributed by atoms with Gasteiger partial charge in [0.15, 0.2) is 0 Å². The number of ether oxygens (including phenoxy) is 1. The van der Waals surface area contributed by atoms with E-state index in [4.69, 9.17) is 4.74 Å². The second kappa shape index (κ2) is 8.51. The minimum Gasteiger partial charge on any atom is -0.487 e. The van der Waals surface area contributed by atoms with Gasteiger partial charge in [0, 0.05) is 34.1 Å². The van der Waals surface area contributed by atoms with Crippen LogP contribution in [0.4, 0.5) is 5.69 Å². The highest BCUT2D eigenvalue weighted by Crippen LogP contribution is 2.24. The largest absolute Gasteiger partial charge is 0.487 e. The first-order chi connectivity index (χ1) is 14.5. The second-order valence-electron chi connectivity index (χ2n) is 6.75. The average molecular weight is 464 g/mol. The quantitative estimate of drug-likeness (QED) is 0.469. The maximum atomic E-state index is 12.5. The molecular weight excluding hydrogens is 446 g/mol. The van der Waals surface area contributed by atoms with Crippen LogP contribution in [0.3, 0.4) is 0 Å². The van der Waals surface area contributed by atoms with E-state index in [0.717, 1.165) is 10.0 Å². The summed E-state index contributed by atoms with van der Waals surface area (Å²) >= 11 is 3.37. The fourth-order valence-corrected chi connectivity index (χ4v) is 3.39. The first-order valence-corrected chi connectivity index (χ1v) is 10.1. The molecule has 0 saturated heterocycles. The van der Waals surface area contributed by atoms with Gasteiger partial charge in [-0.05, 0) is 48.9 Å². The number of aromatic nitrogens is 2. The number of pyridine rings is 1. The number of rotatable bonds is 5. The number of amides is 1. The maximum Gasteiger partial charge on any atom is 0.258 e. The lowest BCUT2D eigenvalue weighted by molar-refractivity contribution is 0.102. The smallest absolute Gasteiger partial charge is 0.258 e. The monoisotopic (exact) mass is 463 g/mol. The van der Waals surface area contributed by atoms with Crippen molar-refractivity contribution in [2.45, 2.75) is 13.5 Å². The number of hydrogen-bond acceptors (Lipinski definition) is 4. The Balaban J connectivity index is 1.51. The Morgan fingerprint density at radius 1 is 1.10 bits per heavy atom. The summed E-state index contributed by atoms with van der Waals surface area (Å²) in [5, 5.41) is 2.88. The summed E-state index contributed by atoms with van der Waals surface area (Å²) in [7, 11) is 0. The Morgan fingerprint density at radius 3 is 2.80 bits per heavy atom. The predicted octanol–water partition coefficient (Wildman–Crippen LogP) is 4.60. The number of benzene rings is 2. The normalized spacial score (nSPS) is 10.7. The summed E-state index contributed by atoms with van der Waals surface area (Å²) in [5.74, 6) is 0.396. The molecule has 2 heterocycles. The van der Waals surface area contributed by atoms with Crippen molar-refractivity contribution in [3.63, 3.8) is 0 Å². The summed E-state index contributed by atoms with van der Waals surface area (Å²) in [6.45, 7) is 2.06. The molecule has 6 nitrogen and oxygen atoms in total. The summed E-state index contributed by atoms with van der Waals surface area (Å²) < 4.78 is 8.22. The van der Waals surface area contributed by atoms with E-state index < -0.39 is 0 Å². The molecule has 2 aromatic heterocycles.